The number of halogens is 1. The van der Waals surface area contributed by atoms with Crippen LogP contribution >= 0.6 is 23.4 Å². The SMILES string of the molecule is CCCCOC(=O)C1=C(C)Nc2nc(SCc3ccccc3Cl)nn2C1c1cccc(OCCC)c1. The van der Waals surface area contributed by atoms with E-state index in [1.165, 1.54) is 11.8 Å². The van der Waals surface area contributed by atoms with Crippen LogP contribution in [-0.4, -0.2) is 33.9 Å². The number of hydrogen-bond donors (Lipinski definition) is 1. The van der Waals surface area contributed by atoms with Crippen LogP contribution in [0.3, 0.4) is 0 Å². The van der Waals surface area contributed by atoms with Gasteiger partial charge in [-0.25, -0.2) is 9.48 Å². The molecule has 4 rings (SSSR count). The lowest BCUT2D eigenvalue weighted by Gasteiger charge is -2.28. The summed E-state index contributed by atoms with van der Waals surface area (Å²) in [6, 6.07) is 15.0. The Kier molecular flexibility index (Phi) is 8.93. The van der Waals surface area contributed by atoms with E-state index in [9.17, 15) is 4.79 Å². The van der Waals surface area contributed by atoms with Crippen LogP contribution in [0.25, 0.3) is 0 Å². The molecule has 0 saturated heterocycles. The number of esters is 1. The van der Waals surface area contributed by atoms with Gasteiger partial charge in [-0.3, -0.25) is 0 Å². The van der Waals surface area contributed by atoms with Crippen LogP contribution < -0.4 is 10.1 Å². The van der Waals surface area contributed by atoms with Crippen LogP contribution in [-0.2, 0) is 15.3 Å². The van der Waals surface area contributed by atoms with Gasteiger partial charge in [0.25, 0.3) is 0 Å². The van der Waals surface area contributed by atoms with Gasteiger partial charge in [0, 0.05) is 16.5 Å². The Morgan fingerprint density at radius 1 is 1.14 bits per heavy atom. The molecule has 2 aromatic carbocycles. The predicted molar refractivity (Wildman–Crippen MR) is 144 cm³/mol. The maximum atomic E-state index is 13.3. The second kappa shape index (κ2) is 12.3. The van der Waals surface area contributed by atoms with Crippen LogP contribution in [0.1, 0.15) is 57.2 Å². The van der Waals surface area contributed by atoms with Crippen LogP contribution in [0.4, 0.5) is 5.95 Å². The first kappa shape index (κ1) is 26.1. The summed E-state index contributed by atoms with van der Waals surface area (Å²) in [5.74, 6) is 1.60. The number of fused-ring (bicyclic) bond motifs is 1. The van der Waals surface area contributed by atoms with Crippen LogP contribution in [0.2, 0.25) is 5.02 Å². The first-order valence-corrected chi connectivity index (χ1v) is 13.6. The van der Waals surface area contributed by atoms with E-state index < -0.39 is 6.04 Å². The van der Waals surface area contributed by atoms with Crippen LogP contribution in [0.5, 0.6) is 5.75 Å². The summed E-state index contributed by atoms with van der Waals surface area (Å²) < 4.78 is 13.3. The average Bonchev–Trinajstić information content (AvgIpc) is 3.28. The normalized spacial score (nSPS) is 14.8. The van der Waals surface area contributed by atoms with E-state index >= 15 is 0 Å². The van der Waals surface area contributed by atoms with Crippen molar-refractivity contribution >= 4 is 35.3 Å². The molecule has 1 N–H and O–H groups in total. The number of carbonyl (C=O) groups is 1. The molecule has 0 amide bonds. The van der Waals surface area contributed by atoms with E-state index in [4.69, 9.17) is 31.2 Å². The molecule has 9 heteroatoms. The van der Waals surface area contributed by atoms with Crippen molar-refractivity contribution in [1.29, 1.82) is 0 Å². The smallest absolute Gasteiger partial charge is 0.338 e. The van der Waals surface area contributed by atoms with E-state index in [1.807, 2.05) is 55.5 Å². The predicted octanol–water partition coefficient (Wildman–Crippen LogP) is 6.64. The van der Waals surface area contributed by atoms with Crippen molar-refractivity contribution in [3.05, 3.63) is 76.0 Å². The van der Waals surface area contributed by atoms with E-state index in [0.29, 0.717) is 46.4 Å². The van der Waals surface area contributed by atoms with Crippen molar-refractivity contribution in [2.45, 2.75) is 57.0 Å². The highest BCUT2D eigenvalue weighted by molar-refractivity contribution is 7.98. The number of rotatable bonds is 11. The zero-order valence-electron chi connectivity index (χ0n) is 20.8. The Hall–Kier alpha value is -2.97. The molecule has 2 heterocycles. The molecule has 0 spiro atoms. The molecule has 0 bridgehead atoms. The molecule has 36 heavy (non-hydrogen) atoms. The second-order valence-corrected chi connectivity index (χ2v) is 9.87. The van der Waals surface area contributed by atoms with Gasteiger partial charge >= 0.3 is 5.97 Å². The molecule has 0 fully saturated rings. The number of hydrogen-bond acceptors (Lipinski definition) is 7. The summed E-state index contributed by atoms with van der Waals surface area (Å²) in [5, 5.41) is 9.35. The number of anilines is 1. The maximum absolute atomic E-state index is 13.3. The number of nitrogens with one attached hydrogen (secondary N) is 1. The topological polar surface area (TPSA) is 78.3 Å². The van der Waals surface area contributed by atoms with Crippen molar-refractivity contribution in [3.63, 3.8) is 0 Å². The third kappa shape index (κ3) is 6.05. The molecule has 1 aromatic heterocycles. The lowest BCUT2D eigenvalue weighted by Crippen LogP contribution is -2.29. The van der Waals surface area contributed by atoms with Crippen molar-refractivity contribution in [2.75, 3.05) is 18.5 Å². The average molecular weight is 527 g/mol. The highest BCUT2D eigenvalue weighted by atomic mass is 35.5. The molecular formula is C27H31ClN4O3S. The highest BCUT2D eigenvalue weighted by Gasteiger charge is 2.35. The van der Waals surface area contributed by atoms with E-state index in [0.717, 1.165) is 36.1 Å². The first-order chi connectivity index (χ1) is 17.5. The fourth-order valence-corrected chi connectivity index (χ4v) is 5.02. The molecule has 1 unspecified atom stereocenters. The molecule has 0 aliphatic carbocycles. The number of nitrogens with zero attached hydrogens (tertiary/aromatic N) is 3. The third-order valence-corrected chi connectivity index (χ3v) is 7.00. The number of allylic oxidation sites excluding steroid dienone is 1. The Labute approximate surface area is 221 Å². The molecule has 1 atom stereocenters. The summed E-state index contributed by atoms with van der Waals surface area (Å²) in [5.41, 5.74) is 3.10. The van der Waals surface area contributed by atoms with Gasteiger partial charge in [0.05, 0.1) is 18.8 Å². The Morgan fingerprint density at radius 2 is 1.97 bits per heavy atom. The second-order valence-electron chi connectivity index (χ2n) is 8.52. The molecule has 1 aliphatic rings. The number of aromatic nitrogens is 3. The van der Waals surface area contributed by atoms with Gasteiger partial charge in [-0.1, -0.05) is 74.0 Å². The number of benzene rings is 2. The minimum Gasteiger partial charge on any atom is -0.494 e. The quantitative estimate of drug-likeness (QED) is 0.170. The minimum absolute atomic E-state index is 0.357. The zero-order chi connectivity index (χ0) is 25.5. The van der Waals surface area contributed by atoms with Crippen LogP contribution in [0.15, 0.2) is 65.0 Å². The van der Waals surface area contributed by atoms with E-state index in [-0.39, 0.29) is 5.97 Å². The monoisotopic (exact) mass is 526 g/mol. The van der Waals surface area contributed by atoms with Crippen molar-refractivity contribution in [1.82, 2.24) is 14.8 Å². The van der Waals surface area contributed by atoms with Gasteiger partial charge in [-0.05, 0) is 49.1 Å². The van der Waals surface area contributed by atoms with E-state index in [2.05, 4.69) is 19.2 Å². The van der Waals surface area contributed by atoms with Gasteiger partial charge in [0.15, 0.2) is 0 Å². The van der Waals surface area contributed by atoms with Gasteiger partial charge in [-0.15, -0.1) is 5.10 Å². The van der Waals surface area contributed by atoms with Gasteiger partial charge in [0.1, 0.15) is 11.8 Å². The number of ether oxygens (including phenoxy) is 2. The number of thioether (sulfide) groups is 1. The van der Waals surface area contributed by atoms with E-state index in [1.54, 1.807) is 4.68 Å². The zero-order valence-corrected chi connectivity index (χ0v) is 22.4. The van der Waals surface area contributed by atoms with Gasteiger partial charge in [0.2, 0.25) is 11.1 Å². The highest BCUT2D eigenvalue weighted by Crippen LogP contribution is 2.38. The molecule has 1 aliphatic heterocycles. The fourth-order valence-electron chi connectivity index (χ4n) is 3.90. The lowest BCUT2D eigenvalue weighted by molar-refractivity contribution is -0.139. The van der Waals surface area contributed by atoms with Crippen molar-refractivity contribution < 1.29 is 14.3 Å². The molecular weight excluding hydrogens is 496 g/mol. The maximum Gasteiger partial charge on any atom is 0.338 e. The summed E-state index contributed by atoms with van der Waals surface area (Å²) >= 11 is 7.82. The number of carbonyl (C=O) groups excluding carboxylic acids is 1. The number of unbranched alkanes of at least 4 members (excludes halogenated alkanes) is 1. The Bertz CT molecular complexity index is 1240. The van der Waals surface area contributed by atoms with Crippen molar-refractivity contribution in [3.8, 4) is 5.75 Å². The lowest BCUT2D eigenvalue weighted by atomic mass is 9.95. The van der Waals surface area contributed by atoms with Gasteiger partial charge < -0.3 is 14.8 Å². The van der Waals surface area contributed by atoms with Gasteiger partial charge in [-0.2, -0.15) is 4.98 Å². The third-order valence-electron chi connectivity index (χ3n) is 5.75. The summed E-state index contributed by atoms with van der Waals surface area (Å²) in [6.45, 7) is 7.00. The fraction of sp³-hybridized carbons (Fsp3) is 0.370. The van der Waals surface area contributed by atoms with Crippen LogP contribution in [0, 0.1) is 0 Å². The standard InChI is InChI=1S/C27H31ClN4O3S/c1-4-6-15-35-25(33)23-18(3)29-26-30-27(36-17-20-10-7-8-13-22(20)28)31-32(26)24(23)19-11-9-12-21(16-19)34-14-5-2/h7-13,16,24H,4-6,14-15,17H2,1-3H3,(H,29,30,31). The molecule has 7 nitrogen and oxygen atoms in total. The van der Waals surface area contributed by atoms with Crippen molar-refractivity contribution in [2.24, 2.45) is 0 Å². The summed E-state index contributed by atoms with van der Waals surface area (Å²) in [6.07, 6.45) is 2.67. The largest absolute Gasteiger partial charge is 0.494 e. The molecule has 3 aromatic rings. The molecule has 0 saturated carbocycles. The Morgan fingerprint density at radius 3 is 2.75 bits per heavy atom. The summed E-state index contributed by atoms with van der Waals surface area (Å²) in [4.78, 5) is 18.0. The molecule has 190 valence electrons. The minimum atomic E-state index is -0.497. The summed E-state index contributed by atoms with van der Waals surface area (Å²) in [7, 11) is 0. The first-order valence-electron chi connectivity index (χ1n) is 12.2. The molecule has 0 radical (unpaired) electrons. The Balaban J connectivity index is 1.68.